The highest BCUT2D eigenvalue weighted by Crippen LogP contribution is 2.40. The normalized spacial score (nSPS) is 11.5. The summed E-state index contributed by atoms with van der Waals surface area (Å²) in [6.07, 6.45) is 0. The summed E-state index contributed by atoms with van der Waals surface area (Å²) >= 11 is 0. The van der Waals surface area contributed by atoms with Gasteiger partial charge in [-0.05, 0) is 35.4 Å². The van der Waals surface area contributed by atoms with E-state index in [9.17, 15) is 0 Å². The smallest absolute Gasteiger partial charge is 0.0972 e. The molecule has 0 saturated heterocycles. The average Bonchev–Trinajstić information content (AvgIpc) is 3.14. The number of nitrogens with zero attached hydrogens (tertiary/aromatic N) is 3. The van der Waals surface area contributed by atoms with Crippen molar-refractivity contribution in [2.75, 3.05) is 0 Å². The van der Waals surface area contributed by atoms with Crippen molar-refractivity contribution in [3.05, 3.63) is 164 Å². The average molecular weight is 586 g/mol. The lowest BCUT2D eigenvalue weighted by molar-refractivity contribution is 1.36. The zero-order chi connectivity index (χ0) is 30.5. The fraction of sp³-hybridized carbons (Fsp3) is 0. The van der Waals surface area contributed by atoms with Crippen LogP contribution in [0, 0.1) is 0 Å². The number of hydrogen-bond donors (Lipinski definition) is 0. The molecule has 0 N–H and O–H groups in total. The van der Waals surface area contributed by atoms with Gasteiger partial charge in [-0.1, -0.05) is 140 Å². The minimum absolute atomic E-state index is 0.903. The van der Waals surface area contributed by atoms with Gasteiger partial charge in [0.15, 0.2) is 0 Å². The highest BCUT2D eigenvalue weighted by molar-refractivity contribution is 6.17. The number of hydrogen-bond acceptors (Lipinski definition) is 3. The summed E-state index contributed by atoms with van der Waals surface area (Å²) in [5.74, 6) is 0. The first-order valence-electron chi connectivity index (χ1n) is 15.5. The van der Waals surface area contributed by atoms with Crippen LogP contribution in [-0.4, -0.2) is 15.0 Å². The minimum atomic E-state index is 0.903. The van der Waals surface area contributed by atoms with Crippen molar-refractivity contribution in [2.24, 2.45) is 0 Å². The minimum Gasteiger partial charge on any atom is -0.247 e. The van der Waals surface area contributed by atoms with Gasteiger partial charge in [-0.25, -0.2) is 15.0 Å². The molecule has 0 aliphatic rings. The summed E-state index contributed by atoms with van der Waals surface area (Å²) < 4.78 is 0. The van der Waals surface area contributed by atoms with Gasteiger partial charge < -0.3 is 0 Å². The van der Waals surface area contributed by atoms with Gasteiger partial charge in [0, 0.05) is 43.6 Å². The van der Waals surface area contributed by atoms with Crippen molar-refractivity contribution in [2.45, 2.75) is 0 Å². The summed E-state index contributed by atoms with van der Waals surface area (Å²) in [5.41, 5.74) is 11.2. The molecule has 0 saturated carbocycles. The molecule has 9 rings (SSSR count). The molecule has 9 aromatic rings. The van der Waals surface area contributed by atoms with E-state index < -0.39 is 0 Å². The predicted octanol–water partition coefficient (Wildman–Crippen LogP) is 11.2. The van der Waals surface area contributed by atoms with Crippen molar-refractivity contribution >= 4 is 43.5 Å². The van der Waals surface area contributed by atoms with Gasteiger partial charge in [-0.3, -0.25) is 0 Å². The molecule has 3 nitrogen and oxygen atoms in total. The van der Waals surface area contributed by atoms with Gasteiger partial charge in [0.25, 0.3) is 0 Å². The summed E-state index contributed by atoms with van der Waals surface area (Å²) in [7, 11) is 0. The molecule has 3 heterocycles. The van der Waals surface area contributed by atoms with E-state index in [0.717, 1.165) is 71.9 Å². The molecule has 0 spiro atoms. The van der Waals surface area contributed by atoms with E-state index in [2.05, 4.69) is 140 Å². The van der Waals surface area contributed by atoms with E-state index in [4.69, 9.17) is 15.0 Å². The second-order valence-corrected chi connectivity index (χ2v) is 11.6. The molecule has 0 amide bonds. The molecule has 46 heavy (non-hydrogen) atoms. The van der Waals surface area contributed by atoms with Gasteiger partial charge in [-0.2, -0.15) is 0 Å². The molecule has 0 fully saturated rings. The quantitative estimate of drug-likeness (QED) is 0.193. The molecule has 3 aromatic heterocycles. The summed E-state index contributed by atoms with van der Waals surface area (Å²) in [5, 5.41) is 5.58. The summed E-state index contributed by atoms with van der Waals surface area (Å²) in [6, 6.07) is 57.3. The Morgan fingerprint density at radius 2 is 0.913 bits per heavy atom. The van der Waals surface area contributed by atoms with Gasteiger partial charge in [0.05, 0.1) is 33.6 Å². The molecular formula is C43H27N3. The maximum absolute atomic E-state index is 5.26. The largest absolute Gasteiger partial charge is 0.247 e. The second-order valence-electron chi connectivity index (χ2n) is 11.6. The van der Waals surface area contributed by atoms with Crippen LogP contribution >= 0.6 is 0 Å². The molecule has 6 aromatic carbocycles. The van der Waals surface area contributed by atoms with Crippen molar-refractivity contribution in [3.8, 4) is 44.9 Å². The fourth-order valence-electron chi connectivity index (χ4n) is 6.59. The Morgan fingerprint density at radius 3 is 1.57 bits per heavy atom. The Labute approximate surface area is 266 Å². The summed E-state index contributed by atoms with van der Waals surface area (Å²) in [6.45, 7) is 0. The van der Waals surface area contributed by atoms with Crippen molar-refractivity contribution in [3.63, 3.8) is 0 Å². The van der Waals surface area contributed by atoms with Gasteiger partial charge in [0.1, 0.15) is 0 Å². The van der Waals surface area contributed by atoms with Crippen LogP contribution in [0.2, 0.25) is 0 Å². The number of rotatable bonds is 4. The third-order valence-corrected chi connectivity index (χ3v) is 8.83. The first kappa shape index (κ1) is 26.2. The standard InChI is InChI=1S/C43H27N3/c1-4-11-28(12-5-1)34-17-10-18-35-40(34)36-27-33(23-26-39(36)46-41(35)30-15-8-3-9-16-30)38-25-22-32-20-19-31-21-24-37(29-13-6-2-7-14-29)44-42(31)43(32)45-38/h1-27H. The van der Waals surface area contributed by atoms with E-state index in [0.29, 0.717) is 0 Å². The number of aromatic nitrogens is 3. The Kier molecular flexibility index (Phi) is 6.14. The molecule has 214 valence electrons. The van der Waals surface area contributed by atoms with E-state index in [1.165, 1.54) is 16.5 Å². The van der Waals surface area contributed by atoms with Crippen LogP contribution < -0.4 is 0 Å². The van der Waals surface area contributed by atoms with Crippen LogP contribution in [0.4, 0.5) is 0 Å². The molecular weight excluding hydrogens is 558 g/mol. The lowest BCUT2D eigenvalue weighted by Gasteiger charge is -2.15. The number of benzene rings is 6. The molecule has 3 heteroatoms. The molecule has 0 aliphatic carbocycles. The number of fused-ring (bicyclic) bond motifs is 6. The SMILES string of the molecule is c1ccc(-c2ccc3ccc4ccc(-c5ccc6nc(-c7ccccc7)c7cccc(-c8ccccc8)c7c6c5)nc4c3n2)cc1. The van der Waals surface area contributed by atoms with Gasteiger partial charge in [-0.15, -0.1) is 0 Å². The van der Waals surface area contributed by atoms with Crippen LogP contribution in [0.15, 0.2) is 164 Å². The third kappa shape index (κ3) is 4.41. The van der Waals surface area contributed by atoms with E-state index in [1.807, 2.05) is 24.3 Å². The second kappa shape index (κ2) is 10.8. The van der Waals surface area contributed by atoms with Crippen LogP contribution in [0.3, 0.4) is 0 Å². The van der Waals surface area contributed by atoms with Crippen LogP contribution in [-0.2, 0) is 0 Å². The third-order valence-electron chi connectivity index (χ3n) is 8.83. The lowest BCUT2D eigenvalue weighted by Crippen LogP contribution is -1.94. The van der Waals surface area contributed by atoms with E-state index in [-0.39, 0.29) is 0 Å². The highest BCUT2D eigenvalue weighted by Gasteiger charge is 2.16. The maximum atomic E-state index is 5.26. The fourth-order valence-corrected chi connectivity index (χ4v) is 6.59. The molecule has 0 unspecified atom stereocenters. The maximum Gasteiger partial charge on any atom is 0.0972 e. The number of pyridine rings is 3. The predicted molar refractivity (Wildman–Crippen MR) is 192 cm³/mol. The molecule has 0 atom stereocenters. The topological polar surface area (TPSA) is 38.7 Å². The zero-order valence-electron chi connectivity index (χ0n) is 24.9. The Morgan fingerprint density at radius 1 is 0.348 bits per heavy atom. The van der Waals surface area contributed by atoms with Crippen molar-refractivity contribution < 1.29 is 0 Å². The first-order chi connectivity index (χ1) is 22.8. The highest BCUT2D eigenvalue weighted by atomic mass is 14.8. The van der Waals surface area contributed by atoms with E-state index in [1.54, 1.807) is 0 Å². The Balaban J connectivity index is 1.28. The van der Waals surface area contributed by atoms with Crippen LogP contribution in [0.1, 0.15) is 0 Å². The van der Waals surface area contributed by atoms with E-state index >= 15 is 0 Å². The molecule has 0 bridgehead atoms. The molecule has 0 aliphatic heterocycles. The molecule has 0 radical (unpaired) electrons. The Hall–Kier alpha value is -6.19. The summed E-state index contributed by atoms with van der Waals surface area (Å²) in [4.78, 5) is 15.6. The lowest BCUT2D eigenvalue weighted by atomic mass is 9.92. The monoisotopic (exact) mass is 585 g/mol. The van der Waals surface area contributed by atoms with Gasteiger partial charge >= 0.3 is 0 Å². The zero-order valence-corrected chi connectivity index (χ0v) is 24.9. The van der Waals surface area contributed by atoms with Gasteiger partial charge in [0.2, 0.25) is 0 Å². The Bertz CT molecular complexity index is 2560. The first-order valence-corrected chi connectivity index (χ1v) is 15.5. The van der Waals surface area contributed by atoms with Crippen molar-refractivity contribution in [1.82, 2.24) is 15.0 Å². The van der Waals surface area contributed by atoms with Crippen LogP contribution in [0.5, 0.6) is 0 Å². The van der Waals surface area contributed by atoms with Crippen LogP contribution in [0.25, 0.3) is 88.4 Å². The van der Waals surface area contributed by atoms with Crippen molar-refractivity contribution in [1.29, 1.82) is 0 Å².